The highest BCUT2D eigenvalue weighted by molar-refractivity contribution is 5.87. The number of nitrogens with one attached hydrogen (secondary N) is 1. The molecule has 1 unspecified atom stereocenters. The van der Waals surface area contributed by atoms with E-state index in [9.17, 15) is 14.4 Å². The van der Waals surface area contributed by atoms with Crippen molar-refractivity contribution in [1.82, 2.24) is 10.2 Å². The standard InChI is InChI=1S/C8H14N2O4/c1-5(8(13)14)10(3)7(12)4-9-6(2)11/h5H,4H2,1-3H3,(H,9,11)(H,13,14). The lowest BCUT2D eigenvalue weighted by Gasteiger charge is -2.21. The van der Waals surface area contributed by atoms with Crippen LogP contribution in [0.4, 0.5) is 0 Å². The third-order valence-electron chi connectivity index (χ3n) is 1.82. The minimum atomic E-state index is -1.08. The summed E-state index contributed by atoms with van der Waals surface area (Å²) < 4.78 is 0. The van der Waals surface area contributed by atoms with E-state index in [2.05, 4.69) is 5.32 Å². The van der Waals surface area contributed by atoms with Gasteiger partial charge >= 0.3 is 5.97 Å². The number of likely N-dealkylation sites (N-methyl/N-ethyl adjacent to an activating group) is 1. The molecule has 0 saturated heterocycles. The summed E-state index contributed by atoms with van der Waals surface area (Å²) in [5, 5.41) is 10.9. The van der Waals surface area contributed by atoms with Gasteiger partial charge in [-0.15, -0.1) is 0 Å². The SMILES string of the molecule is CC(=O)NCC(=O)N(C)C(C)C(=O)O. The zero-order valence-electron chi connectivity index (χ0n) is 8.40. The Morgan fingerprint density at radius 1 is 1.43 bits per heavy atom. The summed E-state index contributed by atoms with van der Waals surface area (Å²) in [5.41, 5.74) is 0. The zero-order chi connectivity index (χ0) is 11.3. The third-order valence-corrected chi connectivity index (χ3v) is 1.82. The first kappa shape index (κ1) is 12.4. The van der Waals surface area contributed by atoms with Gasteiger partial charge in [0.05, 0.1) is 6.54 Å². The number of nitrogens with zero attached hydrogens (tertiary/aromatic N) is 1. The number of hydrogen-bond donors (Lipinski definition) is 2. The van der Waals surface area contributed by atoms with E-state index < -0.39 is 17.9 Å². The molecule has 0 spiro atoms. The van der Waals surface area contributed by atoms with Gasteiger partial charge in [0.25, 0.3) is 0 Å². The summed E-state index contributed by atoms with van der Waals surface area (Å²) in [4.78, 5) is 33.3. The average Bonchev–Trinajstić information content (AvgIpc) is 2.11. The average molecular weight is 202 g/mol. The van der Waals surface area contributed by atoms with Crippen molar-refractivity contribution in [1.29, 1.82) is 0 Å². The molecular weight excluding hydrogens is 188 g/mol. The molecule has 0 heterocycles. The van der Waals surface area contributed by atoms with Crippen molar-refractivity contribution < 1.29 is 19.5 Å². The van der Waals surface area contributed by atoms with E-state index in [1.165, 1.54) is 20.9 Å². The van der Waals surface area contributed by atoms with Gasteiger partial charge in [-0.25, -0.2) is 4.79 Å². The van der Waals surface area contributed by atoms with E-state index in [1.54, 1.807) is 0 Å². The van der Waals surface area contributed by atoms with Crippen LogP contribution in [-0.4, -0.2) is 47.4 Å². The molecule has 0 fully saturated rings. The summed E-state index contributed by atoms with van der Waals surface area (Å²) in [6, 6.07) is -0.892. The highest BCUT2D eigenvalue weighted by Crippen LogP contribution is 1.95. The van der Waals surface area contributed by atoms with Crippen molar-refractivity contribution in [3.05, 3.63) is 0 Å². The van der Waals surface area contributed by atoms with Crippen molar-refractivity contribution in [3.8, 4) is 0 Å². The number of carbonyl (C=O) groups is 3. The molecule has 2 N–H and O–H groups in total. The van der Waals surface area contributed by atoms with Gasteiger partial charge in [-0.1, -0.05) is 0 Å². The first-order valence-electron chi connectivity index (χ1n) is 4.09. The molecule has 2 amide bonds. The van der Waals surface area contributed by atoms with E-state index in [0.717, 1.165) is 4.90 Å². The smallest absolute Gasteiger partial charge is 0.326 e. The van der Waals surface area contributed by atoms with Gasteiger partial charge in [0.2, 0.25) is 11.8 Å². The van der Waals surface area contributed by atoms with E-state index in [4.69, 9.17) is 5.11 Å². The molecule has 0 aliphatic carbocycles. The number of hydrogen-bond acceptors (Lipinski definition) is 3. The molecule has 0 bridgehead atoms. The zero-order valence-corrected chi connectivity index (χ0v) is 8.40. The van der Waals surface area contributed by atoms with Crippen LogP contribution in [-0.2, 0) is 14.4 Å². The van der Waals surface area contributed by atoms with Crippen molar-refractivity contribution in [3.63, 3.8) is 0 Å². The van der Waals surface area contributed by atoms with Crippen molar-refractivity contribution in [2.75, 3.05) is 13.6 Å². The largest absolute Gasteiger partial charge is 0.480 e. The highest BCUT2D eigenvalue weighted by atomic mass is 16.4. The Labute approximate surface area is 81.9 Å². The summed E-state index contributed by atoms with van der Waals surface area (Å²) in [6.45, 7) is 2.51. The number of carboxylic acid groups (broad SMARTS) is 1. The number of aliphatic carboxylic acids is 1. The molecule has 0 rings (SSSR count). The summed E-state index contributed by atoms with van der Waals surface area (Å²) in [6.07, 6.45) is 0. The maximum Gasteiger partial charge on any atom is 0.326 e. The molecule has 14 heavy (non-hydrogen) atoms. The number of carbonyl (C=O) groups excluding carboxylic acids is 2. The van der Waals surface area contributed by atoms with Crippen LogP contribution in [0.2, 0.25) is 0 Å². The molecule has 0 aromatic rings. The van der Waals surface area contributed by atoms with Gasteiger partial charge in [-0.3, -0.25) is 9.59 Å². The molecule has 1 atom stereocenters. The van der Waals surface area contributed by atoms with Crippen molar-refractivity contribution in [2.45, 2.75) is 19.9 Å². The summed E-state index contributed by atoms with van der Waals surface area (Å²) >= 11 is 0. The second-order valence-corrected chi connectivity index (χ2v) is 2.93. The number of amides is 2. The quantitative estimate of drug-likeness (QED) is 0.615. The molecule has 0 aliphatic rings. The maximum atomic E-state index is 11.2. The van der Waals surface area contributed by atoms with Crippen LogP contribution in [0.1, 0.15) is 13.8 Å². The predicted molar refractivity (Wildman–Crippen MR) is 48.6 cm³/mol. The molecule has 6 heteroatoms. The van der Waals surface area contributed by atoms with E-state index in [1.807, 2.05) is 0 Å². The van der Waals surface area contributed by atoms with Crippen LogP contribution in [0.15, 0.2) is 0 Å². The second kappa shape index (κ2) is 5.21. The lowest BCUT2D eigenvalue weighted by Crippen LogP contribution is -2.44. The number of carboxylic acids is 1. The van der Waals surface area contributed by atoms with Gasteiger partial charge in [0.15, 0.2) is 0 Å². The predicted octanol–water partition coefficient (Wildman–Crippen LogP) is -0.946. The fourth-order valence-corrected chi connectivity index (χ4v) is 0.706. The molecular formula is C8H14N2O4. The van der Waals surface area contributed by atoms with E-state index >= 15 is 0 Å². The van der Waals surface area contributed by atoms with Crippen LogP contribution in [0.3, 0.4) is 0 Å². The Morgan fingerprint density at radius 2 is 1.93 bits per heavy atom. The fraction of sp³-hybridized carbons (Fsp3) is 0.625. The topological polar surface area (TPSA) is 86.7 Å². The molecule has 0 aromatic carbocycles. The van der Waals surface area contributed by atoms with Crippen LogP contribution in [0, 0.1) is 0 Å². The Bertz CT molecular complexity index is 252. The van der Waals surface area contributed by atoms with Crippen molar-refractivity contribution in [2.24, 2.45) is 0 Å². The summed E-state index contributed by atoms with van der Waals surface area (Å²) in [5.74, 6) is -1.84. The second-order valence-electron chi connectivity index (χ2n) is 2.93. The number of rotatable bonds is 4. The molecule has 0 radical (unpaired) electrons. The Balaban J connectivity index is 4.11. The minimum absolute atomic E-state index is 0.177. The molecule has 0 aliphatic heterocycles. The van der Waals surface area contributed by atoms with Gasteiger partial charge in [-0.2, -0.15) is 0 Å². The molecule has 0 aromatic heterocycles. The highest BCUT2D eigenvalue weighted by Gasteiger charge is 2.21. The van der Waals surface area contributed by atoms with Crippen LogP contribution >= 0.6 is 0 Å². The Kier molecular flexibility index (Phi) is 4.62. The summed E-state index contributed by atoms with van der Waals surface area (Å²) in [7, 11) is 1.38. The lowest BCUT2D eigenvalue weighted by atomic mass is 10.3. The molecule has 80 valence electrons. The minimum Gasteiger partial charge on any atom is -0.480 e. The van der Waals surface area contributed by atoms with Crippen LogP contribution in [0.5, 0.6) is 0 Å². The van der Waals surface area contributed by atoms with Crippen LogP contribution in [0.25, 0.3) is 0 Å². The first-order valence-corrected chi connectivity index (χ1v) is 4.09. The van der Waals surface area contributed by atoms with Crippen LogP contribution < -0.4 is 5.32 Å². The van der Waals surface area contributed by atoms with Gasteiger partial charge in [0.1, 0.15) is 6.04 Å². The van der Waals surface area contributed by atoms with Gasteiger partial charge < -0.3 is 15.3 Å². The molecule has 0 saturated carbocycles. The third kappa shape index (κ3) is 3.88. The van der Waals surface area contributed by atoms with Gasteiger partial charge in [-0.05, 0) is 6.92 Å². The first-order chi connectivity index (χ1) is 6.36. The lowest BCUT2D eigenvalue weighted by molar-refractivity contribution is -0.148. The van der Waals surface area contributed by atoms with E-state index in [-0.39, 0.29) is 12.5 Å². The van der Waals surface area contributed by atoms with Crippen molar-refractivity contribution >= 4 is 17.8 Å². The normalized spacial score (nSPS) is 11.6. The monoisotopic (exact) mass is 202 g/mol. The van der Waals surface area contributed by atoms with Gasteiger partial charge in [0, 0.05) is 14.0 Å². The molecule has 6 nitrogen and oxygen atoms in total. The van der Waals surface area contributed by atoms with E-state index in [0.29, 0.717) is 0 Å². The fourth-order valence-electron chi connectivity index (χ4n) is 0.706. The Morgan fingerprint density at radius 3 is 2.29 bits per heavy atom. The Hall–Kier alpha value is -1.59. The maximum absolute atomic E-state index is 11.2.